The van der Waals surface area contributed by atoms with E-state index in [9.17, 15) is 4.39 Å². The number of nitrogens with zero attached hydrogens (tertiary/aromatic N) is 3. The molecule has 6 aromatic rings. The van der Waals surface area contributed by atoms with Crippen LogP contribution in [0.25, 0.3) is 22.2 Å². The van der Waals surface area contributed by atoms with Gasteiger partial charge in [-0.2, -0.15) is 0 Å². The van der Waals surface area contributed by atoms with Crippen LogP contribution in [-0.2, 0) is 12.1 Å². The van der Waals surface area contributed by atoms with Gasteiger partial charge < -0.3 is 10.7 Å². The first kappa shape index (κ1) is 30.1. The second-order valence-electron chi connectivity index (χ2n) is 11.4. The molecular weight excluding hydrogens is 557 g/mol. The van der Waals surface area contributed by atoms with Crippen LogP contribution in [0.4, 0.5) is 4.39 Å². The Balaban J connectivity index is 1.41. The van der Waals surface area contributed by atoms with E-state index in [1.165, 1.54) is 6.07 Å². The van der Waals surface area contributed by atoms with E-state index in [0.717, 1.165) is 57.4 Å². The summed E-state index contributed by atoms with van der Waals surface area (Å²) in [6, 6.07) is 42.7. The van der Waals surface area contributed by atoms with Crippen LogP contribution in [0, 0.1) is 17.1 Å². The Labute approximate surface area is 264 Å². The van der Waals surface area contributed by atoms with Crippen molar-refractivity contribution in [3.63, 3.8) is 0 Å². The molecule has 0 fully saturated rings. The number of nitrogens with one attached hydrogen (secondary N) is 2. The van der Waals surface area contributed by atoms with Crippen LogP contribution in [0.15, 0.2) is 127 Å². The lowest BCUT2D eigenvalue weighted by Crippen LogP contribution is -2.38. The maximum absolute atomic E-state index is 14.9. The number of aromatic nitrogens is 3. The van der Waals surface area contributed by atoms with Gasteiger partial charge in [0.25, 0.3) is 0 Å². The molecule has 5 nitrogen and oxygen atoms in total. The molecule has 0 bridgehead atoms. The van der Waals surface area contributed by atoms with Crippen LogP contribution in [0.1, 0.15) is 48.9 Å². The van der Waals surface area contributed by atoms with Crippen molar-refractivity contribution in [2.45, 2.75) is 38.8 Å². The first-order valence-electron chi connectivity index (χ1n) is 15.7. The summed E-state index contributed by atoms with van der Waals surface area (Å²) >= 11 is 0. The Morgan fingerprint density at radius 1 is 0.778 bits per heavy atom. The number of hydrogen-bond acceptors (Lipinski definition) is 4. The molecule has 1 aromatic heterocycles. The van der Waals surface area contributed by atoms with Gasteiger partial charge in [-0.25, -0.2) is 9.07 Å². The maximum Gasteiger partial charge on any atom is 0.140 e. The molecular formula is C39H38FN5. The van der Waals surface area contributed by atoms with Crippen LogP contribution in [0.5, 0.6) is 0 Å². The topological polar surface area (TPSA) is 66.6 Å². The Bertz CT molecular complexity index is 1790. The highest BCUT2D eigenvalue weighted by atomic mass is 19.1. The summed E-state index contributed by atoms with van der Waals surface area (Å²) in [6.45, 7) is 5.16. The van der Waals surface area contributed by atoms with E-state index in [4.69, 9.17) is 15.7 Å². The summed E-state index contributed by atoms with van der Waals surface area (Å²) in [4.78, 5) is 0. The molecule has 2 N–H and O–H groups in total. The molecule has 0 aliphatic carbocycles. The van der Waals surface area contributed by atoms with Crippen molar-refractivity contribution in [3.05, 3.63) is 155 Å². The van der Waals surface area contributed by atoms with E-state index in [-0.39, 0.29) is 11.7 Å². The van der Waals surface area contributed by atoms with Gasteiger partial charge in [0.15, 0.2) is 0 Å². The predicted molar refractivity (Wildman–Crippen MR) is 181 cm³/mol. The van der Waals surface area contributed by atoms with Crippen molar-refractivity contribution in [1.82, 2.24) is 20.3 Å². The zero-order valence-electron chi connectivity index (χ0n) is 25.7. The smallest absolute Gasteiger partial charge is 0.140 e. The number of rotatable bonds is 12. The largest absolute Gasteiger partial charge is 0.312 e. The molecule has 1 atom stereocenters. The molecule has 0 saturated carbocycles. The van der Waals surface area contributed by atoms with E-state index >= 15 is 0 Å². The van der Waals surface area contributed by atoms with Gasteiger partial charge in [0.1, 0.15) is 16.9 Å². The lowest BCUT2D eigenvalue weighted by atomic mass is 9.77. The molecule has 0 radical (unpaired) electrons. The quantitative estimate of drug-likeness (QED) is 0.110. The molecule has 45 heavy (non-hydrogen) atoms. The zero-order chi connectivity index (χ0) is 31.2. The summed E-state index contributed by atoms with van der Waals surface area (Å²) < 4.78 is 16.9. The van der Waals surface area contributed by atoms with Gasteiger partial charge in [-0.05, 0) is 64.9 Å². The Morgan fingerprint density at radius 3 is 1.89 bits per heavy atom. The molecule has 5 aromatic carbocycles. The second-order valence-corrected chi connectivity index (χ2v) is 11.4. The van der Waals surface area contributed by atoms with Gasteiger partial charge in [0.2, 0.25) is 0 Å². The minimum atomic E-state index is -0.765. The first-order valence-corrected chi connectivity index (χ1v) is 15.7. The van der Waals surface area contributed by atoms with Crippen LogP contribution in [-0.4, -0.2) is 27.3 Å². The Kier molecular flexibility index (Phi) is 8.94. The fourth-order valence-electron chi connectivity index (χ4n) is 6.33. The second kappa shape index (κ2) is 13.4. The monoisotopic (exact) mass is 595 g/mol. The molecule has 0 amide bonds. The van der Waals surface area contributed by atoms with Gasteiger partial charge in [-0.3, -0.25) is 0 Å². The lowest BCUT2D eigenvalue weighted by molar-refractivity contribution is 0.461. The standard InChI is InChI=1S/C39H38FN5/c1-3-28(36(41)4-2)26-42-27-31-24-29(20-22-35(31)40)30-21-23-38-37(25-30)43-44-45(38)39(32-14-8-5-9-15-32,33-16-10-6-11-17-33)34-18-12-7-13-19-34/h5-25,28,41-42H,3-4,26-27H2,1-2H3. The molecule has 0 aliphatic rings. The van der Waals surface area contributed by atoms with Gasteiger partial charge in [0.05, 0.1) is 5.52 Å². The van der Waals surface area contributed by atoms with Gasteiger partial charge in [-0.15, -0.1) is 5.10 Å². The molecule has 1 heterocycles. The molecule has 0 saturated heterocycles. The van der Waals surface area contributed by atoms with Gasteiger partial charge in [-0.1, -0.05) is 122 Å². The van der Waals surface area contributed by atoms with E-state index in [0.29, 0.717) is 18.7 Å². The van der Waals surface area contributed by atoms with E-state index in [1.807, 2.05) is 48.0 Å². The Morgan fingerprint density at radius 2 is 1.33 bits per heavy atom. The third kappa shape index (κ3) is 5.81. The van der Waals surface area contributed by atoms with Crippen LogP contribution in [0.3, 0.4) is 0 Å². The molecule has 0 aliphatic heterocycles. The SMILES string of the molecule is CCC(=N)C(CC)CNCc1cc(-c2ccc3c(c2)nnn3C(c2ccccc2)(c2ccccc2)c2ccccc2)ccc1F. The Hall–Kier alpha value is -4.94. The summed E-state index contributed by atoms with van der Waals surface area (Å²) in [6.07, 6.45) is 1.63. The van der Waals surface area contributed by atoms with Crippen molar-refractivity contribution in [2.75, 3.05) is 6.54 Å². The minimum Gasteiger partial charge on any atom is -0.312 e. The highest BCUT2D eigenvalue weighted by Gasteiger charge is 2.40. The first-order chi connectivity index (χ1) is 22.1. The average molecular weight is 596 g/mol. The van der Waals surface area contributed by atoms with Crippen LogP contribution >= 0.6 is 0 Å². The van der Waals surface area contributed by atoms with Crippen LogP contribution < -0.4 is 5.32 Å². The summed E-state index contributed by atoms with van der Waals surface area (Å²) in [5.41, 5.74) is 7.31. The van der Waals surface area contributed by atoms with Crippen molar-refractivity contribution in [3.8, 4) is 11.1 Å². The molecule has 6 heteroatoms. The number of fused-ring (bicyclic) bond motifs is 1. The van der Waals surface area contributed by atoms with Crippen molar-refractivity contribution >= 4 is 16.7 Å². The number of hydrogen-bond donors (Lipinski definition) is 2. The number of halogens is 1. The van der Waals surface area contributed by atoms with Gasteiger partial charge >= 0.3 is 0 Å². The fraction of sp³-hybridized carbons (Fsp3) is 0.205. The molecule has 1 unspecified atom stereocenters. The highest BCUT2D eigenvalue weighted by Crippen LogP contribution is 2.42. The van der Waals surface area contributed by atoms with E-state index < -0.39 is 5.54 Å². The van der Waals surface area contributed by atoms with Gasteiger partial charge in [0, 0.05) is 30.3 Å². The molecule has 0 spiro atoms. The molecule has 6 rings (SSSR count). The normalized spacial score (nSPS) is 12.3. The van der Waals surface area contributed by atoms with E-state index in [2.05, 4.69) is 97.2 Å². The summed E-state index contributed by atoms with van der Waals surface area (Å²) in [5, 5.41) is 21.1. The fourth-order valence-corrected chi connectivity index (χ4v) is 6.33. The third-order valence-corrected chi connectivity index (χ3v) is 8.79. The van der Waals surface area contributed by atoms with E-state index in [1.54, 1.807) is 0 Å². The predicted octanol–water partition coefficient (Wildman–Crippen LogP) is 8.62. The maximum atomic E-state index is 14.9. The highest BCUT2D eigenvalue weighted by molar-refractivity contribution is 5.84. The number of benzene rings is 5. The molecule has 226 valence electrons. The lowest BCUT2D eigenvalue weighted by Gasteiger charge is -2.36. The minimum absolute atomic E-state index is 0.168. The zero-order valence-corrected chi connectivity index (χ0v) is 25.7. The average Bonchev–Trinajstić information content (AvgIpc) is 3.52. The summed E-state index contributed by atoms with van der Waals surface area (Å²) in [7, 11) is 0. The van der Waals surface area contributed by atoms with Crippen molar-refractivity contribution < 1.29 is 4.39 Å². The summed E-state index contributed by atoms with van der Waals surface area (Å²) in [5.74, 6) is -0.0729. The van der Waals surface area contributed by atoms with Crippen molar-refractivity contribution in [2.24, 2.45) is 5.92 Å². The van der Waals surface area contributed by atoms with Crippen LogP contribution in [0.2, 0.25) is 0 Å². The van der Waals surface area contributed by atoms with Crippen molar-refractivity contribution in [1.29, 1.82) is 5.41 Å². The third-order valence-electron chi connectivity index (χ3n) is 8.79.